The molecule has 3 aromatic rings. The summed E-state index contributed by atoms with van der Waals surface area (Å²) in [4.78, 5) is 43.5. The van der Waals surface area contributed by atoms with Gasteiger partial charge in [-0.25, -0.2) is 4.98 Å². The van der Waals surface area contributed by atoms with Crippen LogP contribution in [0.4, 0.5) is 5.13 Å². The van der Waals surface area contributed by atoms with Crippen molar-refractivity contribution in [3.63, 3.8) is 0 Å². The predicted octanol–water partition coefficient (Wildman–Crippen LogP) is 4.34. The number of carbonyl (C=O) groups is 3. The molecule has 1 aliphatic heterocycles. The largest absolute Gasteiger partial charge is 0.302 e. The van der Waals surface area contributed by atoms with Gasteiger partial charge in [0.1, 0.15) is 0 Å². The third kappa shape index (κ3) is 3.65. The van der Waals surface area contributed by atoms with E-state index in [4.69, 9.17) is 0 Å². The van der Waals surface area contributed by atoms with E-state index >= 15 is 0 Å². The van der Waals surface area contributed by atoms with Gasteiger partial charge in [0.15, 0.2) is 5.13 Å². The average molecular weight is 426 g/mol. The first-order valence-electron chi connectivity index (χ1n) is 9.19. The van der Waals surface area contributed by atoms with Crippen molar-refractivity contribution in [2.75, 3.05) is 18.1 Å². The van der Waals surface area contributed by atoms with E-state index in [0.29, 0.717) is 28.1 Å². The van der Waals surface area contributed by atoms with Crippen molar-refractivity contribution in [3.8, 4) is 0 Å². The summed E-state index contributed by atoms with van der Waals surface area (Å²) >= 11 is 3.04. The molecule has 0 saturated carbocycles. The molecule has 2 aromatic carbocycles. The Balaban J connectivity index is 1.42. The van der Waals surface area contributed by atoms with E-state index in [0.717, 1.165) is 15.3 Å². The Morgan fingerprint density at radius 1 is 1.14 bits per heavy atom. The van der Waals surface area contributed by atoms with Crippen LogP contribution in [0.1, 0.15) is 39.3 Å². The number of aromatic nitrogens is 1. The number of imide groups is 1. The van der Waals surface area contributed by atoms with Crippen LogP contribution in [-0.2, 0) is 4.79 Å². The highest BCUT2D eigenvalue weighted by Gasteiger charge is 2.32. The van der Waals surface area contributed by atoms with Crippen LogP contribution < -0.4 is 5.32 Å². The Morgan fingerprint density at radius 3 is 2.38 bits per heavy atom. The van der Waals surface area contributed by atoms with Gasteiger partial charge in [-0.1, -0.05) is 35.6 Å². The number of hydrogen-bond donors (Lipinski definition) is 1. The molecule has 0 bridgehead atoms. The van der Waals surface area contributed by atoms with E-state index < -0.39 is 0 Å². The van der Waals surface area contributed by atoms with Crippen LogP contribution in [0, 0.1) is 6.92 Å². The normalized spacial score (nSPS) is 13.2. The van der Waals surface area contributed by atoms with E-state index in [-0.39, 0.29) is 30.7 Å². The van der Waals surface area contributed by atoms with Crippen LogP contribution in [0.25, 0.3) is 10.8 Å². The smallest absolute Gasteiger partial charge is 0.261 e. The van der Waals surface area contributed by atoms with Gasteiger partial charge < -0.3 is 5.32 Å². The molecule has 0 saturated heterocycles. The van der Waals surface area contributed by atoms with Crippen molar-refractivity contribution in [1.29, 1.82) is 0 Å². The number of anilines is 1. The number of hydrogen-bond acceptors (Lipinski definition) is 6. The molecule has 1 aromatic heterocycles. The monoisotopic (exact) mass is 425 g/mol. The molecule has 4 rings (SSSR count). The van der Waals surface area contributed by atoms with Crippen LogP contribution in [-0.4, -0.2) is 40.4 Å². The Bertz CT molecular complexity index is 1090. The highest BCUT2D eigenvalue weighted by molar-refractivity contribution is 8.00. The van der Waals surface area contributed by atoms with Crippen LogP contribution in [0.15, 0.2) is 40.6 Å². The highest BCUT2D eigenvalue weighted by Crippen LogP contribution is 2.31. The van der Waals surface area contributed by atoms with Crippen molar-refractivity contribution in [2.45, 2.75) is 24.0 Å². The molecule has 0 radical (unpaired) electrons. The van der Waals surface area contributed by atoms with Crippen LogP contribution in [0.3, 0.4) is 0 Å². The minimum Gasteiger partial charge on any atom is -0.302 e. The van der Waals surface area contributed by atoms with Gasteiger partial charge >= 0.3 is 0 Å². The molecular formula is C21H19N3O3S2. The molecule has 2 heterocycles. The van der Waals surface area contributed by atoms with Gasteiger partial charge in [0.2, 0.25) is 5.91 Å². The first-order chi connectivity index (χ1) is 14.0. The number of nitrogens with one attached hydrogen (secondary N) is 1. The van der Waals surface area contributed by atoms with Crippen molar-refractivity contribution >= 4 is 56.7 Å². The maximum absolute atomic E-state index is 12.8. The molecule has 3 amide bonds. The summed E-state index contributed by atoms with van der Waals surface area (Å²) < 4.78 is 1.07. The predicted molar refractivity (Wildman–Crippen MR) is 116 cm³/mol. The molecule has 0 fully saturated rings. The quantitative estimate of drug-likeness (QED) is 0.469. The minimum atomic E-state index is -0.306. The Kier molecular flexibility index (Phi) is 5.38. The van der Waals surface area contributed by atoms with Crippen LogP contribution in [0.5, 0.6) is 0 Å². The van der Waals surface area contributed by atoms with Gasteiger partial charge in [-0.05, 0) is 37.1 Å². The lowest BCUT2D eigenvalue weighted by atomic mass is 9.94. The molecule has 0 spiro atoms. The lowest BCUT2D eigenvalue weighted by Crippen LogP contribution is -2.41. The van der Waals surface area contributed by atoms with Crippen molar-refractivity contribution in [2.24, 2.45) is 0 Å². The maximum Gasteiger partial charge on any atom is 0.261 e. The first kappa shape index (κ1) is 19.6. The van der Waals surface area contributed by atoms with Gasteiger partial charge in [-0.3, -0.25) is 19.3 Å². The number of carbonyl (C=O) groups excluding carboxylic acids is 3. The summed E-state index contributed by atoms with van der Waals surface area (Å²) in [6, 6.07) is 10.9. The summed E-state index contributed by atoms with van der Waals surface area (Å²) in [7, 11) is 0. The van der Waals surface area contributed by atoms with E-state index in [2.05, 4.69) is 10.3 Å². The second-order valence-electron chi connectivity index (χ2n) is 6.72. The van der Waals surface area contributed by atoms with Crippen molar-refractivity contribution < 1.29 is 14.4 Å². The van der Waals surface area contributed by atoms with Gasteiger partial charge in [0.05, 0.1) is 9.90 Å². The maximum atomic E-state index is 12.8. The summed E-state index contributed by atoms with van der Waals surface area (Å²) in [6.07, 6.45) is 2.56. The molecule has 0 atom stereocenters. The topological polar surface area (TPSA) is 79.4 Å². The van der Waals surface area contributed by atoms with Crippen LogP contribution in [0.2, 0.25) is 0 Å². The van der Waals surface area contributed by atoms with Gasteiger partial charge in [0.25, 0.3) is 11.8 Å². The lowest BCUT2D eigenvalue weighted by Gasteiger charge is -2.27. The number of rotatable bonds is 6. The Morgan fingerprint density at radius 2 is 1.79 bits per heavy atom. The summed E-state index contributed by atoms with van der Waals surface area (Å²) in [6.45, 7) is 2.10. The van der Waals surface area contributed by atoms with Gasteiger partial charge in [0, 0.05) is 29.5 Å². The van der Waals surface area contributed by atoms with E-state index in [1.807, 2.05) is 37.4 Å². The third-order valence-electron chi connectivity index (χ3n) is 4.83. The number of amides is 3. The first-order valence-corrected chi connectivity index (χ1v) is 11.2. The standard InChI is InChI=1S/C21H19N3O3S2/c1-12-20(28-2)29-21(22-12)23-16(25)10-5-11-24-18(26)14-8-3-6-13-7-4-9-15(17(13)14)19(24)27/h3-4,6-9H,5,10-11H2,1-2H3,(H,22,23,25). The Labute approximate surface area is 176 Å². The number of aryl methyl sites for hydroxylation is 1. The molecule has 29 heavy (non-hydrogen) atoms. The van der Waals surface area contributed by atoms with E-state index in [9.17, 15) is 14.4 Å². The third-order valence-corrected chi connectivity index (χ3v) is 7.11. The summed E-state index contributed by atoms with van der Waals surface area (Å²) in [5.74, 6) is -0.787. The molecule has 6 nitrogen and oxygen atoms in total. The fourth-order valence-corrected chi connectivity index (χ4v) is 5.12. The average Bonchev–Trinajstić information content (AvgIpc) is 3.07. The molecule has 0 aliphatic carbocycles. The highest BCUT2D eigenvalue weighted by atomic mass is 32.2. The minimum absolute atomic E-state index is 0.175. The number of benzene rings is 2. The summed E-state index contributed by atoms with van der Waals surface area (Å²) in [5.41, 5.74) is 1.96. The summed E-state index contributed by atoms with van der Waals surface area (Å²) in [5, 5.41) is 4.96. The molecule has 1 N–H and O–H groups in total. The zero-order chi connectivity index (χ0) is 20.5. The SMILES string of the molecule is CSc1sc(NC(=O)CCCN2C(=O)c3cccc4cccc(c34)C2=O)nc1C. The van der Waals surface area contributed by atoms with E-state index in [1.54, 1.807) is 23.9 Å². The number of thioether (sulfide) groups is 1. The fraction of sp³-hybridized carbons (Fsp3) is 0.238. The van der Waals surface area contributed by atoms with Gasteiger partial charge in [-0.15, -0.1) is 11.8 Å². The zero-order valence-corrected chi connectivity index (χ0v) is 17.7. The van der Waals surface area contributed by atoms with Crippen molar-refractivity contribution in [3.05, 3.63) is 53.2 Å². The zero-order valence-electron chi connectivity index (χ0n) is 16.0. The molecule has 0 unspecified atom stereocenters. The van der Waals surface area contributed by atoms with E-state index in [1.165, 1.54) is 16.2 Å². The number of nitrogens with zero attached hydrogens (tertiary/aromatic N) is 2. The molecule has 148 valence electrons. The lowest BCUT2D eigenvalue weighted by molar-refractivity contribution is -0.116. The van der Waals surface area contributed by atoms with Crippen LogP contribution >= 0.6 is 23.1 Å². The second kappa shape index (κ2) is 7.96. The number of thiazole rings is 1. The molecular weight excluding hydrogens is 406 g/mol. The molecule has 1 aliphatic rings. The van der Waals surface area contributed by atoms with Gasteiger partial charge in [-0.2, -0.15) is 0 Å². The fourth-order valence-electron chi connectivity index (χ4n) is 3.49. The molecule has 8 heteroatoms. The Hall–Kier alpha value is -2.71. The second-order valence-corrected chi connectivity index (χ2v) is 8.79. The van der Waals surface area contributed by atoms with Crippen molar-refractivity contribution in [1.82, 2.24) is 9.88 Å².